The highest BCUT2D eigenvalue weighted by atomic mass is 16.5. The van der Waals surface area contributed by atoms with Gasteiger partial charge in [0.05, 0.1) is 24.4 Å². The van der Waals surface area contributed by atoms with Crippen molar-refractivity contribution in [1.29, 1.82) is 0 Å². The number of aryl methyl sites for hydroxylation is 1. The SMILES string of the molecule is CCc1cc(C2CCCN2C(=O)c2cc(-c3ccccc3OC)on2)on1. The first-order valence-electron chi connectivity index (χ1n) is 9.07. The second kappa shape index (κ2) is 7.26. The van der Waals surface area contributed by atoms with Crippen LogP contribution in [0.25, 0.3) is 11.3 Å². The number of hydrogen-bond acceptors (Lipinski definition) is 6. The molecule has 0 aliphatic carbocycles. The Labute approximate surface area is 156 Å². The lowest BCUT2D eigenvalue weighted by atomic mass is 10.1. The van der Waals surface area contributed by atoms with Crippen LogP contribution in [0, 0.1) is 0 Å². The summed E-state index contributed by atoms with van der Waals surface area (Å²) in [7, 11) is 1.60. The third-order valence-electron chi connectivity index (χ3n) is 4.88. The molecule has 1 fully saturated rings. The highest BCUT2D eigenvalue weighted by Crippen LogP contribution is 2.35. The van der Waals surface area contributed by atoms with Crippen LogP contribution in [0.15, 0.2) is 45.4 Å². The average Bonchev–Trinajstić information content (AvgIpc) is 3.47. The monoisotopic (exact) mass is 367 g/mol. The maximum Gasteiger partial charge on any atom is 0.276 e. The van der Waals surface area contributed by atoms with E-state index < -0.39 is 0 Å². The highest BCUT2D eigenvalue weighted by Gasteiger charge is 2.34. The Morgan fingerprint density at radius 3 is 2.89 bits per heavy atom. The molecule has 1 atom stereocenters. The average molecular weight is 367 g/mol. The van der Waals surface area contributed by atoms with E-state index in [1.54, 1.807) is 18.1 Å². The summed E-state index contributed by atoms with van der Waals surface area (Å²) < 4.78 is 16.2. The number of amides is 1. The van der Waals surface area contributed by atoms with Crippen molar-refractivity contribution < 1.29 is 18.6 Å². The van der Waals surface area contributed by atoms with Crippen LogP contribution < -0.4 is 4.74 Å². The summed E-state index contributed by atoms with van der Waals surface area (Å²) in [5.74, 6) is 1.72. The van der Waals surface area contributed by atoms with Crippen molar-refractivity contribution in [2.75, 3.05) is 13.7 Å². The quantitative estimate of drug-likeness (QED) is 0.681. The lowest BCUT2D eigenvalue weighted by molar-refractivity contribution is 0.0704. The van der Waals surface area contributed by atoms with Crippen LogP contribution in [0.5, 0.6) is 5.75 Å². The number of aromatic nitrogens is 2. The minimum atomic E-state index is -0.170. The Kier molecular flexibility index (Phi) is 4.66. The van der Waals surface area contributed by atoms with Crippen molar-refractivity contribution in [3.8, 4) is 17.1 Å². The molecule has 0 saturated carbocycles. The first-order valence-corrected chi connectivity index (χ1v) is 9.07. The van der Waals surface area contributed by atoms with Gasteiger partial charge in [0.15, 0.2) is 17.2 Å². The summed E-state index contributed by atoms with van der Waals surface area (Å²) in [6.45, 7) is 2.68. The van der Waals surface area contributed by atoms with E-state index in [2.05, 4.69) is 10.3 Å². The smallest absolute Gasteiger partial charge is 0.276 e. The number of likely N-dealkylation sites (tertiary alicyclic amines) is 1. The van der Waals surface area contributed by atoms with E-state index in [-0.39, 0.29) is 17.6 Å². The van der Waals surface area contributed by atoms with Crippen molar-refractivity contribution in [1.82, 2.24) is 15.2 Å². The number of benzene rings is 1. The summed E-state index contributed by atoms with van der Waals surface area (Å²) in [6.07, 6.45) is 2.56. The van der Waals surface area contributed by atoms with E-state index in [1.165, 1.54) is 0 Å². The standard InChI is InChI=1S/C20H21N3O4/c1-3-13-11-19(27-21-13)16-8-6-10-23(16)20(24)15-12-18(26-22-15)14-7-4-5-9-17(14)25-2/h4-5,7,9,11-12,16H,3,6,8,10H2,1-2H3. The number of carbonyl (C=O) groups is 1. The minimum Gasteiger partial charge on any atom is -0.496 e. The first kappa shape index (κ1) is 17.3. The Balaban J connectivity index is 1.58. The largest absolute Gasteiger partial charge is 0.496 e. The molecule has 7 nitrogen and oxygen atoms in total. The molecular formula is C20H21N3O4. The lowest BCUT2D eigenvalue weighted by Gasteiger charge is -2.21. The fraction of sp³-hybridized carbons (Fsp3) is 0.350. The Morgan fingerprint density at radius 1 is 1.26 bits per heavy atom. The fourth-order valence-electron chi connectivity index (χ4n) is 3.46. The molecule has 4 rings (SSSR count). The fourth-order valence-corrected chi connectivity index (χ4v) is 3.46. The van der Waals surface area contributed by atoms with E-state index >= 15 is 0 Å². The molecule has 27 heavy (non-hydrogen) atoms. The summed E-state index contributed by atoms with van der Waals surface area (Å²) >= 11 is 0. The second-order valence-corrected chi connectivity index (χ2v) is 6.51. The van der Waals surface area contributed by atoms with Gasteiger partial charge in [-0.2, -0.15) is 0 Å². The first-order chi connectivity index (χ1) is 13.2. The van der Waals surface area contributed by atoms with E-state index in [9.17, 15) is 4.79 Å². The maximum absolute atomic E-state index is 13.0. The van der Waals surface area contributed by atoms with Gasteiger partial charge in [-0.1, -0.05) is 29.4 Å². The van der Waals surface area contributed by atoms with Gasteiger partial charge in [0.2, 0.25) is 0 Å². The van der Waals surface area contributed by atoms with Gasteiger partial charge in [0.1, 0.15) is 5.75 Å². The third-order valence-corrected chi connectivity index (χ3v) is 4.88. The van der Waals surface area contributed by atoms with Crippen LogP contribution in [0.2, 0.25) is 0 Å². The number of nitrogens with zero attached hydrogens (tertiary/aromatic N) is 3. The van der Waals surface area contributed by atoms with Gasteiger partial charge in [-0.3, -0.25) is 4.79 Å². The summed E-state index contributed by atoms with van der Waals surface area (Å²) in [4.78, 5) is 14.8. The van der Waals surface area contributed by atoms with Crippen molar-refractivity contribution in [3.63, 3.8) is 0 Å². The van der Waals surface area contributed by atoms with E-state index in [0.717, 1.165) is 36.3 Å². The molecule has 3 aromatic rings. The highest BCUT2D eigenvalue weighted by molar-refractivity contribution is 5.93. The van der Waals surface area contributed by atoms with E-state index in [4.69, 9.17) is 13.8 Å². The zero-order chi connectivity index (χ0) is 18.8. The van der Waals surface area contributed by atoms with Gasteiger partial charge in [-0.25, -0.2) is 0 Å². The molecule has 0 bridgehead atoms. The summed E-state index contributed by atoms with van der Waals surface area (Å²) in [5, 5.41) is 8.04. The number of methoxy groups -OCH3 is 1. The molecule has 1 aliphatic heterocycles. The van der Waals surface area contributed by atoms with Gasteiger partial charge in [0.25, 0.3) is 5.91 Å². The third kappa shape index (κ3) is 3.20. The summed E-state index contributed by atoms with van der Waals surface area (Å²) in [6, 6.07) is 10.9. The molecule has 140 valence electrons. The Bertz CT molecular complexity index is 946. The normalized spacial score (nSPS) is 16.7. The molecule has 1 aromatic carbocycles. The molecule has 3 heterocycles. The zero-order valence-corrected chi connectivity index (χ0v) is 15.3. The predicted octanol–water partition coefficient (Wildman–Crippen LogP) is 3.88. The zero-order valence-electron chi connectivity index (χ0n) is 15.3. The van der Waals surface area contributed by atoms with E-state index in [0.29, 0.717) is 18.1 Å². The number of carbonyl (C=O) groups excluding carboxylic acids is 1. The molecule has 1 unspecified atom stereocenters. The molecule has 7 heteroatoms. The second-order valence-electron chi connectivity index (χ2n) is 6.51. The minimum absolute atomic E-state index is 0.114. The van der Waals surface area contributed by atoms with Crippen molar-refractivity contribution in [2.45, 2.75) is 32.2 Å². The number of hydrogen-bond donors (Lipinski definition) is 0. The number of rotatable bonds is 5. The Morgan fingerprint density at radius 2 is 2.11 bits per heavy atom. The lowest BCUT2D eigenvalue weighted by Crippen LogP contribution is -2.30. The van der Waals surface area contributed by atoms with Crippen molar-refractivity contribution in [2.24, 2.45) is 0 Å². The molecule has 2 aromatic heterocycles. The van der Waals surface area contributed by atoms with Gasteiger partial charge in [-0.15, -0.1) is 0 Å². The molecule has 0 radical (unpaired) electrons. The van der Waals surface area contributed by atoms with Crippen LogP contribution in [0.1, 0.15) is 47.7 Å². The van der Waals surface area contributed by atoms with Crippen molar-refractivity contribution in [3.05, 3.63) is 53.5 Å². The molecule has 1 amide bonds. The van der Waals surface area contributed by atoms with Crippen LogP contribution in [0.3, 0.4) is 0 Å². The van der Waals surface area contributed by atoms with Crippen LogP contribution in [-0.2, 0) is 6.42 Å². The Hall–Kier alpha value is -3.09. The van der Waals surface area contributed by atoms with Gasteiger partial charge < -0.3 is 18.7 Å². The van der Waals surface area contributed by atoms with Crippen molar-refractivity contribution >= 4 is 5.91 Å². The van der Waals surface area contributed by atoms with Crippen LogP contribution in [0.4, 0.5) is 0 Å². The van der Waals surface area contributed by atoms with Crippen LogP contribution >= 0.6 is 0 Å². The molecule has 1 saturated heterocycles. The summed E-state index contributed by atoms with van der Waals surface area (Å²) in [5.41, 5.74) is 1.93. The number of para-hydroxylation sites is 1. The maximum atomic E-state index is 13.0. The van der Waals surface area contributed by atoms with Gasteiger partial charge in [-0.05, 0) is 31.4 Å². The number of ether oxygens (including phenoxy) is 1. The molecule has 0 N–H and O–H groups in total. The molecule has 1 aliphatic rings. The molecule has 0 spiro atoms. The van der Waals surface area contributed by atoms with E-state index in [1.807, 2.05) is 37.3 Å². The van der Waals surface area contributed by atoms with Gasteiger partial charge in [0, 0.05) is 18.7 Å². The topological polar surface area (TPSA) is 81.6 Å². The van der Waals surface area contributed by atoms with Gasteiger partial charge >= 0.3 is 0 Å². The molecular weight excluding hydrogens is 346 g/mol. The van der Waals surface area contributed by atoms with Crippen LogP contribution in [-0.4, -0.2) is 34.8 Å². The predicted molar refractivity (Wildman–Crippen MR) is 97.4 cm³/mol.